The van der Waals surface area contributed by atoms with E-state index >= 15 is 0 Å². The molecule has 1 saturated carbocycles. The van der Waals surface area contributed by atoms with E-state index in [1.807, 2.05) is 11.9 Å². The summed E-state index contributed by atoms with van der Waals surface area (Å²) in [5.41, 5.74) is 0.670. The van der Waals surface area contributed by atoms with Crippen molar-refractivity contribution < 1.29 is 18.4 Å². The first-order valence-corrected chi connectivity index (χ1v) is 7.92. The fourth-order valence-electron chi connectivity index (χ4n) is 5.02. The molecule has 116 valence electrons. The molecule has 4 heteroatoms. The van der Waals surface area contributed by atoms with E-state index in [0.717, 1.165) is 5.56 Å². The smallest absolute Gasteiger partial charge is 0.174 e. The number of carbonyl (C=O) groups excluding carboxylic acids is 1. The van der Waals surface area contributed by atoms with Crippen LogP contribution in [-0.4, -0.2) is 43.5 Å². The lowest BCUT2D eigenvalue weighted by Crippen LogP contribution is -2.65. The van der Waals surface area contributed by atoms with Gasteiger partial charge in [0, 0.05) is 27.5 Å². The lowest BCUT2D eigenvalue weighted by atomic mass is 9.52. The Labute approximate surface area is 134 Å². The highest BCUT2D eigenvalue weighted by molar-refractivity contribution is 5.89. The van der Waals surface area contributed by atoms with Gasteiger partial charge in [-0.2, -0.15) is 0 Å². The molecule has 0 radical (unpaired) electrons. The Balaban J connectivity index is 1.92. The molecule has 0 amide bonds. The van der Waals surface area contributed by atoms with Crippen molar-refractivity contribution in [3.63, 3.8) is 0 Å². The molecule has 2 aliphatic heterocycles. The van der Waals surface area contributed by atoms with Crippen LogP contribution < -0.4 is 9.47 Å². The summed E-state index contributed by atoms with van der Waals surface area (Å²) in [5, 5.41) is 0. The highest BCUT2D eigenvalue weighted by atomic mass is 16.5. The summed E-state index contributed by atoms with van der Waals surface area (Å²) >= 11 is 0. The normalized spacial score (nSPS) is 46.1. The number of hydrogen-bond acceptors (Lipinski definition) is 4. The minimum atomic E-state index is -1.86. The van der Waals surface area contributed by atoms with Crippen LogP contribution in [0, 0.1) is 5.92 Å². The maximum Gasteiger partial charge on any atom is 0.174 e. The number of nitrogens with zero attached hydrogens (tertiary/aromatic N) is 1. The lowest BCUT2D eigenvalue weighted by Gasteiger charge is -2.57. The number of rotatable bonds is 1. The third-order valence-corrected chi connectivity index (χ3v) is 5.97. The predicted octanol–water partition coefficient (Wildman–Crippen LogP) is 1.93. The summed E-state index contributed by atoms with van der Waals surface area (Å²) in [6.45, 7) is 0.572. The van der Waals surface area contributed by atoms with Crippen LogP contribution in [0.1, 0.15) is 34.5 Å². The maximum absolute atomic E-state index is 12.7. The van der Waals surface area contributed by atoms with Gasteiger partial charge in [0.2, 0.25) is 0 Å². The predicted molar refractivity (Wildman–Crippen MR) is 81.6 cm³/mol. The Morgan fingerprint density at radius 1 is 1.55 bits per heavy atom. The van der Waals surface area contributed by atoms with Crippen LogP contribution in [0.5, 0.6) is 11.5 Å². The zero-order chi connectivity index (χ0) is 17.8. The summed E-state index contributed by atoms with van der Waals surface area (Å²) in [7, 11) is 3.38. The van der Waals surface area contributed by atoms with E-state index in [0.29, 0.717) is 42.9 Å². The first-order chi connectivity index (χ1) is 11.8. The van der Waals surface area contributed by atoms with Crippen molar-refractivity contribution in [3.05, 3.63) is 23.3 Å². The number of benzene rings is 1. The molecule has 4 nitrogen and oxygen atoms in total. The van der Waals surface area contributed by atoms with Gasteiger partial charge >= 0.3 is 0 Å². The summed E-state index contributed by atoms with van der Waals surface area (Å²) in [6, 6.07) is 2.02. The van der Waals surface area contributed by atoms with Gasteiger partial charge in [-0.05, 0) is 50.4 Å². The molecule has 1 saturated heterocycles. The molecule has 5 rings (SSSR count). The van der Waals surface area contributed by atoms with Crippen LogP contribution in [0.3, 0.4) is 0 Å². The monoisotopic (exact) mass is 302 g/mol. The van der Waals surface area contributed by atoms with E-state index in [1.165, 1.54) is 0 Å². The van der Waals surface area contributed by atoms with Crippen LogP contribution in [-0.2, 0) is 16.6 Å². The molecule has 22 heavy (non-hydrogen) atoms. The molecule has 4 aliphatic rings. The van der Waals surface area contributed by atoms with Crippen molar-refractivity contribution in [3.8, 4) is 11.5 Å². The zero-order valence-corrected chi connectivity index (χ0v) is 12.8. The van der Waals surface area contributed by atoms with Gasteiger partial charge in [-0.15, -0.1) is 0 Å². The number of likely N-dealkylation sites (tertiary alicyclic amines) is 1. The van der Waals surface area contributed by atoms with Crippen LogP contribution in [0.2, 0.25) is 0 Å². The molecule has 1 spiro atoms. The Morgan fingerprint density at radius 3 is 3.23 bits per heavy atom. The van der Waals surface area contributed by atoms with E-state index in [-0.39, 0.29) is 11.7 Å². The number of methoxy groups -OCH3 is 1. The Hall–Kier alpha value is -1.55. The van der Waals surface area contributed by atoms with E-state index in [4.69, 9.17) is 12.2 Å². The second-order valence-corrected chi connectivity index (χ2v) is 6.80. The highest BCUT2D eigenvalue weighted by Gasteiger charge is 2.65. The van der Waals surface area contributed by atoms with Gasteiger partial charge < -0.3 is 14.4 Å². The largest absolute Gasteiger partial charge is 0.493 e. The molecule has 1 aromatic carbocycles. The van der Waals surface area contributed by atoms with E-state index < -0.39 is 23.9 Å². The van der Waals surface area contributed by atoms with Crippen molar-refractivity contribution in [1.82, 2.24) is 4.90 Å². The van der Waals surface area contributed by atoms with E-state index in [1.54, 1.807) is 19.2 Å². The lowest BCUT2D eigenvalue weighted by molar-refractivity contribution is -0.138. The number of likely N-dealkylation sites (N-methyl/N-ethyl adjacent to an activating group) is 1. The quantitative estimate of drug-likeness (QED) is 0.794. The van der Waals surface area contributed by atoms with Gasteiger partial charge in [-0.1, -0.05) is 6.07 Å². The first kappa shape index (κ1) is 10.3. The fourth-order valence-corrected chi connectivity index (χ4v) is 5.02. The Morgan fingerprint density at radius 2 is 2.41 bits per heavy atom. The summed E-state index contributed by atoms with van der Waals surface area (Å²) in [5.74, 6) is 0.842. The van der Waals surface area contributed by atoms with Crippen molar-refractivity contribution in [2.75, 3.05) is 20.7 Å². The number of Topliss-reactive ketones (excluding diaryl/α,β-unsaturated/α-hetero) is 1. The second kappa shape index (κ2) is 4.05. The van der Waals surface area contributed by atoms with Gasteiger partial charge in [0.25, 0.3) is 0 Å². The third kappa shape index (κ3) is 1.27. The number of carbonyl (C=O) groups is 1. The van der Waals surface area contributed by atoms with Crippen LogP contribution >= 0.6 is 0 Å². The molecule has 0 aromatic heterocycles. The zero-order valence-electron chi connectivity index (χ0n) is 15.8. The molecule has 1 aromatic rings. The second-order valence-electron chi connectivity index (χ2n) is 6.80. The summed E-state index contributed by atoms with van der Waals surface area (Å²) in [4.78, 5) is 14.6. The minimum absolute atomic E-state index is 0.0646. The number of ketones is 1. The van der Waals surface area contributed by atoms with Crippen molar-refractivity contribution in [2.45, 2.75) is 43.2 Å². The van der Waals surface area contributed by atoms with Gasteiger partial charge in [-0.25, -0.2) is 0 Å². The molecule has 2 fully saturated rings. The van der Waals surface area contributed by atoms with Crippen LogP contribution in [0.25, 0.3) is 0 Å². The first-order valence-electron chi connectivity index (χ1n) is 9.42. The third-order valence-electron chi connectivity index (χ3n) is 5.97. The Kier molecular flexibility index (Phi) is 1.89. The maximum atomic E-state index is 12.7. The van der Waals surface area contributed by atoms with Gasteiger partial charge in [0.1, 0.15) is 0 Å². The van der Waals surface area contributed by atoms with Gasteiger partial charge in [0.05, 0.1) is 7.11 Å². The van der Waals surface area contributed by atoms with Gasteiger partial charge in [0.15, 0.2) is 23.4 Å². The number of hydrogen-bond donors (Lipinski definition) is 0. The van der Waals surface area contributed by atoms with E-state index in [2.05, 4.69) is 0 Å². The van der Waals surface area contributed by atoms with Crippen LogP contribution in [0.4, 0.5) is 0 Å². The standard InChI is InChI=1S/C18H21NO3/c1-19-8-7-18-11-4-5-13(20)17(18)22-16-14(21-2)6-3-10(15(16)18)9-12(11)19/h3,6,11-12,17H,4-5,7-9H2,1-2H3/t11-,12+,17?,18-/m0/s1/i9D2,12D. The van der Waals surface area contributed by atoms with Crippen molar-refractivity contribution in [2.24, 2.45) is 5.92 Å². The molecule has 4 atom stereocenters. The highest BCUT2D eigenvalue weighted by Crippen LogP contribution is 2.62. The van der Waals surface area contributed by atoms with E-state index in [9.17, 15) is 6.17 Å². The Bertz CT molecular complexity index is 813. The van der Waals surface area contributed by atoms with Crippen molar-refractivity contribution >= 4 is 5.78 Å². The molecular formula is C18H21NO3. The molecule has 2 aliphatic carbocycles. The molecule has 2 bridgehead atoms. The number of piperidine rings is 1. The fraction of sp³-hybridized carbons (Fsp3) is 0.611. The topological polar surface area (TPSA) is 38.8 Å². The summed E-state index contributed by atoms with van der Waals surface area (Å²) in [6.07, 6.45) is -0.902. The molecule has 2 heterocycles. The molecule has 1 unspecified atom stereocenters. The SMILES string of the molecule is [2H]C1([2H])c2ccc(OC)c3c2[C@]24CCN(C)[C@@]1([2H])[C@@H]2CCC(=O)C4O3. The molecular weight excluding hydrogens is 278 g/mol. The molecule has 0 N–H and O–H groups in total. The average molecular weight is 302 g/mol. The van der Waals surface area contributed by atoms with Gasteiger partial charge in [-0.3, -0.25) is 4.79 Å². The van der Waals surface area contributed by atoms with Crippen LogP contribution in [0.15, 0.2) is 12.1 Å². The average Bonchev–Trinajstić information content (AvgIpc) is 2.93. The summed E-state index contributed by atoms with van der Waals surface area (Å²) < 4.78 is 38.6. The minimum Gasteiger partial charge on any atom is -0.493 e. The van der Waals surface area contributed by atoms with Crippen molar-refractivity contribution in [1.29, 1.82) is 0 Å². The number of ether oxygens (including phenoxy) is 2.